The van der Waals surface area contributed by atoms with Crippen LogP contribution in [0.3, 0.4) is 0 Å². The zero-order valence-electron chi connectivity index (χ0n) is 19.4. The van der Waals surface area contributed by atoms with Gasteiger partial charge in [0.05, 0.1) is 28.4 Å². The predicted molar refractivity (Wildman–Crippen MR) is 128 cm³/mol. The number of aryl methyl sites for hydroxylation is 1. The Morgan fingerprint density at radius 3 is 2.61 bits per heavy atom. The molecule has 3 aromatic heterocycles. The highest BCUT2D eigenvalue weighted by molar-refractivity contribution is 7.90. The Labute approximate surface area is 205 Å². The molecule has 184 valence electrons. The normalized spacial score (nSPS) is 15.4. The van der Waals surface area contributed by atoms with Gasteiger partial charge >= 0.3 is 0 Å². The smallest absolute Gasteiger partial charge is 0.229 e. The number of aromatic nitrogens is 7. The summed E-state index contributed by atoms with van der Waals surface area (Å²) in [7, 11) is -3.14. The quantitative estimate of drug-likeness (QED) is 0.389. The number of rotatable bonds is 6. The summed E-state index contributed by atoms with van der Waals surface area (Å²) in [4.78, 5) is 13.0. The molecular weight excluding hydrogens is 488 g/mol. The van der Waals surface area contributed by atoms with Crippen LogP contribution in [0.5, 0.6) is 0 Å². The maximum Gasteiger partial charge on any atom is 0.252 e. The SMILES string of the molecule is C[C@H]1CC=C(c2ccnc(-n3cnc(CCS(C)(=O)=O)n3)n2)c2nnc(-c3c(F)cccc3F)cc21. The molecule has 9 nitrogen and oxygen atoms in total. The Kier molecular flexibility index (Phi) is 6.12. The molecule has 0 saturated heterocycles. The van der Waals surface area contributed by atoms with Gasteiger partial charge in [0.2, 0.25) is 0 Å². The van der Waals surface area contributed by atoms with Crippen LogP contribution in [0.4, 0.5) is 8.78 Å². The van der Waals surface area contributed by atoms with Crippen molar-refractivity contribution in [3.05, 3.63) is 83.3 Å². The van der Waals surface area contributed by atoms with E-state index in [1.165, 1.54) is 29.2 Å². The van der Waals surface area contributed by atoms with E-state index in [0.29, 0.717) is 23.6 Å². The summed E-state index contributed by atoms with van der Waals surface area (Å²) in [6.45, 7) is 2.01. The molecule has 3 heterocycles. The van der Waals surface area contributed by atoms with Crippen molar-refractivity contribution >= 4 is 15.4 Å². The van der Waals surface area contributed by atoms with Crippen molar-refractivity contribution in [1.82, 2.24) is 34.9 Å². The molecule has 0 spiro atoms. The summed E-state index contributed by atoms with van der Waals surface area (Å²) in [5, 5.41) is 12.7. The molecule has 0 bridgehead atoms. The van der Waals surface area contributed by atoms with Crippen LogP contribution in [0.1, 0.15) is 42.0 Å². The van der Waals surface area contributed by atoms with Crippen LogP contribution in [0.25, 0.3) is 22.8 Å². The van der Waals surface area contributed by atoms with Crippen molar-refractivity contribution in [2.24, 2.45) is 0 Å². The lowest BCUT2D eigenvalue weighted by Crippen LogP contribution is -2.12. The highest BCUT2D eigenvalue weighted by Crippen LogP contribution is 2.37. The van der Waals surface area contributed by atoms with Gasteiger partial charge in [-0.25, -0.2) is 32.2 Å². The second-order valence-corrected chi connectivity index (χ2v) is 10.9. The van der Waals surface area contributed by atoms with E-state index in [9.17, 15) is 17.2 Å². The predicted octanol–water partition coefficient (Wildman–Crippen LogP) is 3.32. The van der Waals surface area contributed by atoms with Gasteiger partial charge in [0, 0.05) is 24.4 Å². The molecule has 0 radical (unpaired) electrons. The molecule has 1 aliphatic carbocycles. The molecule has 36 heavy (non-hydrogen) atoms. The molecular formula is C24H21F2N7O2S. The summed E-state index contributed by atoms with van der Waals surface area (Å²) in [6, 6.07) is 7.08. The fourth-order valence-corrected chi connectivity index (χ4v) is 4.55. The first-order chi connectivity index (χ1) is 17.2. The maximum absolute atomic E-state index is 14.3. The molecule has 5 rings (SSSR count). The number of nitrogens with zero attached hydrogens (tertiary/aromatic N) is 7. The van der Waals surface area contributed by atoms with E-state index in [2.05, 4.69) is 30.2 Å². The van der Waals surface area contributed by atoms with E-state index in [1.807, 2.05) is 13.0 Å². The lowest BCUT2D eigenvalue weighted by molar-refractivity contribution is 0.587. The number of hydrogen-bond acceptors (Lipinski definition) is 8. The zero-order valence-corrected chi connectivity index (χ0v) is 20.2. The van der Waals surface area contributed by atoms with E-state index < -0.39 is 21.5 Å². The summed E-state index contributed by atoms with van der Waals surface area (Å²) in [6.07, 6.45) is 7.01. The van der Waals surface area contributed by atoms with Gasteiger partial charge in [0.15, 0.2) is 5.82 Å². The third-order valence-electron chi connectivity index (χ3n) is 5.86. The summed E-state index contributed by atoms with van der Waals surface area (Å²) >= 11 is 0. The Balaban J connectivity index is 1.48. The minimum absolute atomic E-state index is 0.0573. The maximum atomic E-state index is 14.3. The third kappa shape index (κ3) is 4.76. The van der Waals surface area contributed by atoms with E-state index in [0.717, 1.165) is 17.4 Å². The van der Waals surface area contributed by atoms with Gasteiger partial charge in [-0.3, -0.25) is 0 Å². The Morgan fingerprint density at radius 2 is 1.86 bits per heavy atom. The first-order valence-corrected chi connectivity index (χ1v) is 13.2. The van der Waals surface area contributed by atoms with E-state index in [-0.39, 0.29) is 35.3 Å². The Morgan fingerprint density at radius 1 is 1.08 bits per heavy atom. The van der Waals surface area contributed by atoms with Crippen molar-refractivity contribution in [3.63, 3.8) is 0 Å². The second kappa shape index (κ2) is 9.26. The molecule has 4 aromatic rings. The lowest BCUT2D eigenvalue weighted by Gasteiger charge is -2.22. The molecule has 12 heteroatoms. The highest BCUT2D eigenvalue weighted by Gasteiger charge is 2.25. The van der Waals surface area contributed by atoms with Crippen molar-refractivity contribution < 1.29 is 17.2 Å². The number of hydrogen-bond donors (Lipinski definition) is 0. The van der Waals surface area contributed by atoms with Crippen LogP contribution in [-0.4, -0.2) is 55.4 Å². The van der Waals surface area contributed by atoms with Crippen LogP contribution in [0.2, 0.25) is 0 Å². The average Bonchev–Trinajstić information content (AvgIpc) is 3.32. The van der Waals surface area contributed by atoms with Crippen molar-refractivity contribution in [2.45, 2.75) is 25.7 Å². The fourth-order valence-electron chi connectivity index (χ4n) is 3.99. The standard InChI is InChI=1S/C24H21F2N7O2S/c1-14-6-7-15(23-16(14)12-20(30-31-23)22-17(25)4-3-5-18(22)26)19-8-10-27-24(29-19)33-13-28-21(32-33)9-11-36(2,34)35/h3-5,7-8,10,12-14H,6,9,11H2,1-2H3/t14-/m0/s1. The van der Waals surface area contributed by atoms with Gasteiger partial charge in [0.25, 0.3) is 5.95 Å². The van der Waals surface area contributed by atoms with Gasteiger partial charge in [0.1, 0.15) is 27.8 Å². The molecule has 0 aliphatic heterocycles. The van der Waals surface area contributed by atoms with Gasteiger partial charge in [-0.05, 0) is 42.2 Å². The van der Waals surface area contributed by atoms with E-state index in [4.69, 9.17) is 0 Å². The van der Waals surface area contributed by atoms with Gasteiger partial charge in [-0.2, -0.15) is 4.68 Å². The molecule has 1 atom stereocenters. The van der Waals surface area contributed by atoms with Gasteiger partial charge < -0.3 is 0 Å². The number of halogens is 2. The Hall–Kier alpha value is -3.93. The lowest BCUT2D eigenvalue weighted by atomic mass is 9.85. The fraction of sp³-hybridized carbons (Fsp3) is 0.250. The molecule has 0 unspecified atom stereocenters. The topological polar surface area (TPSA) is 116 Å². The number of fused-ring (bicyclic) bond motifs is 1. The number of sulfone groups is 1. The average molecular weight is 510 g/mol. The zero-order chi connectivity index (χ0) is 25.4. The summed E-state index contributed by atoms with van der Waals surface area (Å²) in [5.74, 6) is -0.784. The van der Waals surface area contributed by atoms with Gasteiger partial charge in [-0.15, -0.1) is 15.3 Å². The van der Waals surface area contributed by atoms with Crippen LogP contribution < -0.4 is 0 Å². The van der Waals surface area contributed by atoms with Crippen LogP contribution >= 0.6 is 0 Å². The largest absolute Gasteiger partial charge is 0.252 e. The van der Waals surface area contributed by atoms with E-state index >= 15 is 0 Å². The molecule has 1 aliphatic rings. The van der Waals surface area contributed by atoms with Crippen molar-refractivity contribution in [2.75, 3.05) is 12.0 Å². The first kappa shape index (κ1) is 23.8. The molecule has 1 aromatic carbocycles. The number of allylic oxidation sites excluding steroid dienone is 1. The summed E-state index contributed by atoms with van der Waals surface area (Å²) < 4.78 is 52.9. The third-order valence-corrected chi connectivity index (χ3v) is 6.81. The molecule has 0 saturated carbocycles. The monoisotopic (exact) mass is 509 g/mol. The minimum Gasteiger partial charge on any atom is -0.229 e. The molecule has 0 amide bonds. The Bertz CT molecular complexity index is 1580. The molecule has 0 N–H and O–H groups in total. The van der Waals surface area contributed by atoms with E-state index in [1.54, 1.807) is 18.3 Å². The second-order valence-electron chi connectivity index (χ2n) is 8.61. The van der Waals surface area contributed by atoms with Crippen LogP contribution in [0.15, 0.2) is 48.9 Å². The van der Waals surface area contributed by atoms with Crippen LogP contribution in [-0.2, 0) is 16.3 Å². The molecule has 0 fully saturated rings. The highest BCUT2D eigenvalue weighted by atomic mass is 32.2. The first-order valence-electron chi connectivity index (χ1n) is 11.1. The minimum atomic E-state index is -3.14. The summed E-state index contributed by atoms with van der Waals surface area (Å²) in [5.41, 5.74) is 2.59. The number of benzene rings is 1. The van der Waals surface area contributed by atoms with Crippen molar-refractivity contribution in [1.29, 1.82) is 0 Å². The van der Waals surface area contributed by atoms with Gasteiger partial charge in [-0.1, -0.05) is 19.1 Å². The van der Waals surface area contributed by atoms with Crippen molar-refractivity contribution in [3.8, 4) is 17.2 Å². The van der Waals surface area contributed by atoms with Crippen LogP contribution in [0, 0.1) is 11.6 Å².